The van der Waals surface area contributed by atoms with Crippen LogP contribution in [0.2, 0.25) is 0 Å². The summed E-state index contributed by atoms with van der Waals surface area (Å²) >= 11 is 0. The second-order valence-corrected chi connectivity index (χ2v) is 11.2. The first-order valence-corrected chi connectivity index (χ1v) is 15.3. The van der Waals surface area contributed by atoms with Crippen LogP contribution in [0.5, 0.6) is 17.2 Å². The van der Waals surface area contributed by atoms with Crippen molar-refractivity contribution in [1.29, 1.82) is 0 Å². The maximum Gasteiger partial charge on any atom is 0.490 e. The van der Waals surface area contributed by atoms with Gasteiger partial charge >= 0.3 is 12.1 Å². The summed E-state index contributed by atoms with van der Waals surface area (Å²) in [6.45, 7) is 2.91. The molecule has 4 aromatic rings. The number of fused-ring (bicyclic) bond motifs is 1. The highest BCUT2D eigenvalue weighted by Gasteiger charge is 2.38. The smallest absolute Gasteiger partial charge is 0.490 e. The first kappa shape index (κ1) is 36.0. The normalized spacial score (nSPS) is 14.4. The number of rotatable bonds is 12. The van der Waals surface area contributed by atoms with Gasteiger partial charge in [0.05, 0.1) is 26.2 Å². The molecule has 0 unspecified atom stereocenters. The maximum absolute atomic E-state index is 14.0. The number of hydrogen-bond donors (Lipinski definition) is 3. The van der Waals surface area contributed by atoms with Gasteiger partial charge in [-0.15, -0.1) is 0 Å². The number of ether oxygens (including phenoxy) is 2. The number of aromatic nitrogens is 1. The number of carbonyl (C=O) groups excluding carboxylic acids is 1. The predicted octanol–water partition coefficient (Wildman–Crippen LogP) is 5.58. The van der Waals surface area contributed by atoms with E-state index in [0.29, 0.717) is 24.4 Å². The highest BCUT2D eigenvalue weighted by Crippen LogP contribution is 2.29. The van der Waals surface area contributed by atoms with Crippen LogP contribution in [0.4, 0.5) is 13.2 Å². The predicted molar refractivity (Wildman–Crippen MR) is 172 cm³/mol. The SMILES string of the molecule is COc1ccc(OCCC(=O)N(Cc2cccc3ccncc23)[C@H](CN2CCCC2)[C@H](O)c2ccc(O)cc2)cc1.O=C(O)C(F)(F)F. The molecule has 3 N–H and O–H groups in total. The van der Waals surface area contributed by atoms with Crippen LogP contribution in [0, 0.1) is 0 Å². The van der Waals surface area contributed by atoms with Gasteiger partial charge in [0.1, 0.15) is 23.4 Å². The Balaban J connectivity index is 0.000000671. The number of methoxy groups -OCH3 is 1. The second kappa shape index (κ2) is 16.8. The fourth-order valence-electron chi connectivity index (χ4n) is 5.45. The zero-order valence-electron chi connectivity index (χ0n) is 26.3. The Hall–Kier alpha value is -4.88. The molecule has 5 rings (SSSR count). The Morgan fingerprint density at radius 1 is 0.979 bits per heavy atom. The average molecular weight is 670 g/mol. The molecule has 0 saturated carbocycles. The van der Waals surface area contributed by atoms with Crippen LogP contribution < -0.4 is 9.47 Å². The van der Waals surface area contributed by atoms with Crippen molar-refractivity contribution in [2.75, 3.05) is 33.4 Å². The minimum atomic E-state index is -5.08. The molecule has 0 bridgehead atoms. The topological polar surface area (TPSA) is 133 Å². The molecular weight excluding hydrogens is 631 g/mol. The van der Waals surface area contributed by atoms with Gasteiger partial charge < -0.3 is 34.6 Å². The van der Waals surface area contributed by atoms with Gasteiger partial charge in [0.15, 0.2) is 0 Å². The van der Waals surface area contributed by atoms with E-state index < -0.39 is 24.3 Å². The molecule has 48 heavy (non-hydrogen) atoms. The Labute approximate surface area is 276 Å². The van der Waals surface area contributed by atoms with E-state index in [0.717, 1.165) is 48.0 Å². The fraction of sp³-hybridized carbons (Fsp3) is 0.343. The van der Waals surface area contributed by atoms with Crippen molar-refractivity contribution in [3.05, 3.63) is 96.3 Å². The highest BCUT2D eigenvalue weighted by molar-refractivity contribution is 5.85. The quantitative estimate of drug-likeness (QED) is 0.177. The number of benzene rings is 3. The zero-order chi connectivity index (χ0) is 34.7. The van der Waals surface area contributed by atoms with Gasteiger partial charge in [0, 0.05) is 30.9 Å². The molecule has 3 aromatic carbocycles. The number of aliphatic carboxylic acids is 1. The molecule has 1 amide bonds. The van der Waals surface area contributed by atoms with Crippen molar-refractivity contribution < 1.29 is 47.6 Å². The number of carbonyl (C=O) groups is 2. The molecule has 1 fully saturated rings. The molecule has 13 heteroatoms. The van der Waals surface area contributed by atoms with Gasteiger partial charge in [-0.1, -0.05) is 30.3 Å². The largest absolute Gasteiger partial charge is 0.508 e. The van der Waals surface area contributed by atoms with Gasteiger partial charge in [-0.3, -0.25) is 9.78 Å². The van der Waals surface area contributed by atoms with E-state index in [-0.39, 0.29) is 24.7 Å². The van der Waals surface area contributed by atoms with E-state index in [1.807, 2.05) is 54.7 Å². The molecular formula is C35H38F3N3O7. The summed E-state index contributed by atoms with van der Waals surface area (Å²) < 4.78 is 42.9. The van der Waals surface area contributed by atoms with Gasteiger partial charge in [-0.05, 0) is 84.9 Å². The summed E-state index contributed by atoms with van der Waals surface area (Å²) in [5, 5.41) is 30.7. The molecule has 0 spiro atoms. The van der Waals surface area contributed by atoms with E-state index >= 15 is 0 Å². The molecule has 1 saturated heterocycles. The summed E-state index contributed by atoms with van der Waals surface area (Å²) in [6, 6.07) is 21.3. The molecule has 0 radical (unpaired) electrons. The highest BCUT2D eigenvalue weighted by atomic mass is 19.4. The van der Waals surface area contributed by atoms with Crippen LogP contribution in [0.3, 0.4) is 0 Å². The van der Waals surface area contributed by atoms with E-state index in [9.17, 15) is 28.2 Å². The van der Waals surface area contributed by atoms with E-state index in [1.165, 1.54) is 0 Å². The van der Waals surface area contributed by atoms with Crippen LogP contribution in [0.1, 0.15) is 36.5 Å². The van der Waals surface area contributed by atoms with Crippen molar-refractivity contribution in [2.24, 2.45) is 0 Å². The van der Waals surface area contributed by atoms with E-state index in [1.54, 1.807) is 42.5 Å². The molecule has 10 nitrogen and oxygen atoms in total. The van der Waals surface area contributed by atoms with Crippen LogP contribution >= 0.6 is 0 Å². The average Bonchev–Trinajstić information content (AvgIpc) is 3.60. The number of aliphatic hydroxyl groups excluding tert-OH is 1. The van der Waals surface area contributed by atoms with Gasteiger partial charge in [-0.25, -0.2) is 4.79 Å². The standard InChI is InChI=1S/C33H37N3O5.C2HF3O2/c1-40-28-11-13-29(14-12-28)41-20-16-32(38)36(22-26-6-4-5-24-15-17-34-21-30(24)26)31(23-35-18-2-3-19-35)33(39)25-7-9-27(37)10-8-25;3-2(4,5)1(6)7/h4-15,17,21,31,33,37,39H,2-3,16,18-20,22-23H2,1H3;(H,6,7)/t31-,33-;/m1./s1. The Bertz CT molecular complexity index is 1620. The summed E-state index contributed by atoms with van der Waals surface area (Å²) in [7, 11) is 1.61. The second-order valence-electron chi connectivity index (χ2n) is 11.2. The van der Waals surface area contributed by atoms with Crippen molar-refractivity contribution >= 4 is 22.6 Å². The molecule has 0 aliphatic carbocycles. The number of alkyl halides is 3. The summed E-state index contributed by atoms with van der Waals surface area (Å²) in [5.74, 6) is -1.35. The first-order valence-electron chi connectivity index (χ1n) is 15.3. The lowest BCUT2D eigenvalue weighted by Gasteiger charge is -2.38. The lowest BCUT2D eigenvalue weighted by atomic mass is 9.98. The van der Waals surface area contributed by atoms with Crippen LogP contribution in [-0.2, 0) is 16.1 Å². The third-order valence-electron chi connectivity index (χ3n) is 7.96. The van der Waals surface area contributed by atoms with Crippen LogP contribution in [0.25, 0.3) is 10.8 Å². The van der Waals surface area contributed by atoms with Crippen molar-refractivity contribution in [3.8, 4) is 17.2 Å². The third kappa shape index (κ3) is 10.1. The van der Waals surface area contributed by atoms with Gasteiger partial charge in [0.25, 0.3) is 0 Å². The molecule has 1 aromatic heterocycles. The van der Waals surface area contributed by atoms with Crippen molar-refractivity contribution in [2.45, 2.75) is 44.1 Å². The molecule has 1 aliphatic heterocycles. The number of phenolic OH excluding ortho intramolecular Hbond substituents is 1. The monoisotopic (exact) mass is 669 g/mol. The summed E-state index contributed by atoms with van der Waals surface area (Å²) in [6.07, 6.45) is -0.104. The lowest BCUT2D eigenvalue weighted by molar-refractivity contribution is -0.192. The van der Waals surface area contributed by atoms with Crippen molar-refractivity contribution in [1.82, 2.24) is 14.8 Å². The first-order chi connectivity index (χ1) is 23.0. The number of pyridine rings is 1. The van der Waals surface area contributed by atoms with Crippen molar-refractivity contribution in [3.63, 3.8) is 0 Å². The van der Waals surface area contributed by atoms with Crippen LogP contribution in [-0.4, -0.2) is 87.5 Å². The van der Waals surface area contributed by atoms with Gasteiger partial charge in [0.2, 0.25) is 5.91 Å². The fourth-order valence-corrected chi connectivity index (χ4v) is 5.45. The number of phenols is 1. The maximum atomic E-state index is 14.0. The number of nitrogens with zero attached hydrogens (tertiary/aromatic N) is 3. The lowest BCUT2D eigenvalue weighted by Crippen LogP contribution is -2.49. The van der Waals surface area contributed by atoms with E-state index in [2.05, 4.69) is 9.88 Å². The minimum absolute atomic E-state index is 0.110. The Kier molecular flexibility index (Phi) is 12.6. The van der Waals surface area contributed by atoms with E-state index in [4.69, 9.17) is 19.4 Å². The summed E-state index contributed by atoms with van der Waals surface area (Å²) in [4.78, 5) is 31.4. The Morgan fingerprint density at radius 3 is 2.25 bits per heavy atom. The number of amides is 1. The number of hydrogen-bond acceptors (Lipinski definition) is 8. The summed E-state index contributed by atoms with van der Waals surface area (Å²) in [5.41, 5.74) is 1.61. The molecule has 2 atom stereocenters. The number of aliphatic hydroxyl groups is 1. The zero-order valence-corrected chi connectivity index (χ0v) is 26.3. The third-order valence-corrected chi connectivity index (χ3v) is 7.96. The number of carboxylic acids is 1. The number of likely N-dealkylation sites (tertiary alicyclic amines) is 1. The number of halogens is 3. The number of carboxylic acid groups (broad SMARTS) is 1. The van der Waals surface area contributed by atoms with Crippen LogP contribution in [0.15, 0.2) is 85.2 Å². The molecule has 2 heterocycles. The van der Waals surface area contributed by atoms with Gasteiger partial charge in [-0.2, -0.15) is 13.2 Å². The Morgan fingerprint density at radius 2 is 1.62 bits per heavy atom. The minimum Gasteiger partial charge on any atom is -0.508 e. The molecule has 1 aliphatic rings. The number of aromatic hydroxyl groups is 1. The molecule has 256 valence electrons.